The zero-order valence-electron chi connectivity index (χ0n) is 14.6. The van der Waals surface area contributed by atoms with Gasteiger partial charge in [0.05, 0.1) is 11.3 Å². The van der Waals surface area contributed by atoms with Crippen molar-refractivity contribution in [1.82, 2.24) is 5.32 Å². The van der Waals surface area contributed by atoms with Gasteiger partial charge in [0.15, 0.2) is 0 Å². The molecule has 0 spiro atoms. The topological polar surface area (TPSA) is 84.7 Å². The zero-order chi connectivity index (χ0) is 18.4. The van der Waals surface area contributed by atoms with Crippen LogP contribution in [0.3, 0.4) is 0 Å². The first-order chi connectivity index (χ1) is 12.7. The van der Waals surface area contributed by atoms with Gasteiger partial charge in [-0.1, -0.05) is 42.5 Å². The van der Waals surface area contributed by atoms with Gasteiger partial charge in [0, 0.05) is 6.04 Å². The van der Waals surface area contributed by atoms with E-state index < -0.39 is 12.0 Å². The lowest BCUT2D eigenvalue weighted by atomic mass is 10.0. The quantitative estimate of drug-likeness (QED) is 0.865. The summed E-state index contributed by atoms with van der Waals surface area (Å²) in [5.74, 6) is -0.560. The summed E-state index contributed by atoms with van der Waals surface area (Å²) in [6.07, 6.45) is 1.11. The van der Waals surface area contributed by atoms with E-state index in [1.165, 1.54) is 0 Å². The van der Waals surface area contributed by atoms with Crippen molar-refractivity contribution < 1.29 is 14.3 Å². The summed E-state index contributed by atoms with van der Waals surface area (Å²) >= 11 is 0. The highest BCUT2D eigenvalue weighted by molar-refractivity contribution is 6.02. The maximum Gasteiger partial charge on any atom is 0.414 e. The van der Waals surface area contributed by atoms with Crippen molar-refractivity contribution in [3.05, 3.63) is 65.7 Å². The molecule has 2 aromatic rings. The van der Waals surface area contributed by atoms with Crippen LogP contribution >= 0.6 is 0 Å². The van der Waals surface area contributed by atoms with Gasteiger partial charge in [-0.2, -0.15) is 0 Å². The molecular weight excluding hydrogens is 330 g/mol. The summed E-state index contributed by atoms with van der Waals surface area (Å²) in [5.41, 5.74) is 7.25. The van der Waals surface area contributed by atoms with Crippen LogP contribution in [0.25, 0.3) is 0 Å². The predicted molar refractivity (Wildman–Crippen MR) is 100.0 cm³/mol. The van der Waals surface area contributed by atoms with E-state index in [-0.39, 0.29) is 12.6 Å². The first-order valence-corrected chi connectivity index (χ1v) is 8.76. The van der Waals surface area contributed by atoms with Crippen LogP contribution in [0.5, 0.6) is 0 Å². The lowest BCUT2D eigenvalue weighted by Crippen LogP contribution is -2.47. The van der Waals surface area contributed by atoms with Gasteiger partial charge in [0.25, 0.3) is 5.91 Å². The van der Waals surface area contributed by atoms with Gasteiger partial charge in [-0.05, 0) is 43.6 Å². The van der Waals surface area contributed by atoms with Gasteiger partial charge < -0.3 is 15.8 Å². The number of piperidine rings is 1. The van der Waals surface area contributed by atoms with Crippen molar-refractivity contribution in [1.29, 1.82) is 0 Å². The number of primary amides is 1. The number of para-hydroxylation sites is 1. The van der Waals surface area contributed by atoms with Crippen LogP contribution in [0.1, 0.15) is 28.8 Å². The Morgan fingerprint density at radius 2 is 1.69 bits per heavy atom. The Morgan fingerprint density at radius 1 is 1.04 bits per heavy atom. The minimum Gasteiger partial charge on any atom is -0.444 e. The third kappa shape index (κ3) is 4.21. The molecule has 1 saturated heterocycles. The van der Waals surface area contributed by atoms with Crippen molar-refractivity contribution in [3.63, 3.8) is 0 Å². The van der Waals surface area contributed by atoms with Gasteiger partial charge in [-0.3, -0.25) is 9.69 Å². The molecule has 1 fully saturated rings. The zero-order valence-corrected chi connectivity index (χ0v) is 14.6. The molecule has 0 radical (unpaired) electrons. The van der Waals surface area contributed by atoms with Gasteiger partial charge >= 0.3 is 6.09 Å². The average Bonchev–Trinajstić information content (AvgIpc) is 2.68. The Morgan fingerprint density at radius 3 is 2.38 bits per heavy atom. The van der Waals surface area contributed by atoms with Gasteiger partial charge in [-0.15, -0.1) is 0 Å². The number of ether oxygens (including phenoxy) is 1. The van der Waals surface area contributed by atoms with E-state index >= 15 is 0 Å². The lowest BCUT2D eigenvalue weighted by Gasteiger charge is -2.34. The van der Waals surface area contributed by atoms with Gasteiger partial charge in [0.2, 0.25) is 0 Å². The molecule has 3 N–H and O–H groups in total. The summed E-state index contributed by atoms with van der Waals surface area (Å²) in [6.45, 7) is 1.80. The molecule has 1 aliphatic rings. The minimum atomic E-state index is -0.560. The lowest BCUT2D eigenvalue weighted by molar-refractivity contribution is 0.100. The number of nitrogens with one attached hydrogen (secondary N) is 1. The third-order valence-electron chi connectivity index (χ3n) is 4.50. The smallest absolute Gasteiger partial charge is 0.414 e. The number of hydrogen-bond donors (Lipinski definition) is 2. The average molecular weight is 353 g/mol. The molecule has 0 aliphatic carbocycles. The molecule has 6 nitrogen and oxygen atoms in total. The molecule has 0 unspecified atom stereocenters. The largest absolute Gasteiger partial charge is 0.444 e. The van der Waals surface area contributed by atoms with Crippen molar-refractivity contribution in [2.45, 2.75) is 25.5 Å². The first-order valence-electron chi connectivity index (χ1n) is 8.76. The summed E-state index contributed by atoms with van der Waals surface area (Å²) < 4.78 is 5.55. The van der Waals surface area contributed by atoms with E-state index in [1.807, 2.05) is 30.3 Å². The molecule has 0 aromatic heterocycles. The number of carbonyl (C=O) groups is 2. The SMILES string of the molecule is NC(=O)c1ccccc1N(C(=O)OCc1ccccc1)C1CCNCC1. The molecule has 0 atom stereocenters. The van der Waals surface area contributed by atoms with Gasteiger partial charge in [0.1, 0.15) is 6.61 Å². The molecule has 2 aromatic carbocycles. The highest BCUT2D eigenvalue weighted by Crippen LogP contribution is 2.27. The Balaban J connectivity index is 1.86. The highest BCUT2D eigenvalue weighted by atomic mass is 16.6. The fourth-order valence-corrected chi connectivity index (χ4v) is 3.19. The number of hydrogen-bond acceptors (Lipinski definition) is 4. The van der Waals surface area contributed by atoms with E-state index in [0.717, 1.165) is 31.5 Å². The van der Waals surface area contributed by atoms with Crippen LogP contribution in [-0.4, -0.2) is 31.1 Å². The fraction of sp³-hybridized carbons (Fsp3) is 0.300. The molecule has 3 rings (SSSR count). The Kier molecular flexibility index (Phi) is 5.86. The normalized spacial score (nSPS) is 14.6. The molecule has 2 amide bonds. The molecule has 136 valence electrons. The summed E-state index contributed by atoms with van der Waals surface area (Å²) in [6, 6.07) is 16.4. The second kappa shape index (κ2) is 8.49. The number of nitrogens with zero attached hydrogens (tertiary/aromatic N) is 1. The Hall–Kier alpha value is -2.86. The first kappa shape index (κ1) is 17.9. The van der Waals surface area contributed by atoms with Gasteiger partial charge in [-0.25, -0.2) is 4.79 Å². The molecule has 0 saturated carbocycles. The second-order valence-corrected chi connectivity index (χ2v) is 6.27. The molecule has 0 bridgehead atoms. The summed E-state index contributed by atoms with van der Waals surface area (Å²) in [7, 11) is 0. The molecule has 6 heteroatoms. The summed E-state index contributed by atoms with van der Waals surface area (Å²) in [4.78, 5) is 26.4. The maximum atomic E-state index is 12.9. The van der Waals surface area contributed by atoms with Crippen LogP contribution in [0.4, 0.5) is 10.5 Å². The molecule has 26 heavy (non-hydrogen) atoms. The van der Waals surface area contributed by atoms with E-state index in [4.69, 9.17) is 10.5 Å². The van der Waals surface area contributed by atoms with Crippen molar-refractivity contribution in [3.8, 4) is 0 Å². The van der Waals surface area contributed by atoms with E-state index in [1.54, 1.807) is 29.2 Å². The maximum absolute atomic E-state index is 12.9. The predicted octanol–water partition coefficient (Wildman–Crippen LogP) is 2.68. The monoisotopic (exact) mass is 353 g/mol. The molecule has 1 aliphatic heterocycles. The number of nitrogens with two attached hydrogens (primary N) is 1. The Bertz CT molecular complexity index is 758. The van der Waals surface area contributed by atoms with Crippen molar-refractivity contribution >= 4 is 17.7 Å². The number of carbonyl (C=O) groups excluding carboxylic acids is 2. The standard InChI is InChI=1S/C20H23N3O3/c21-19(24)17-8-4-5-9-18(17)23(16-10-12-22-13-11-16)20(25)26-14-15-6-2-1-3-7-15/h1-9,16,22H,10-14H2,(H2,21,24). The number of rotatable bonds is 5. The van der Waals surface area contributed by atoms with E-state index in [9.17, 15) is 9.59 Å². The fourth-order valence-electron chi connectivity index (χ4n) is 3.19. The number of benzene rings is 2. The van der Waals surface area contributed by atoms with Crippen LogP contribution in [-0.2, 0) is 11.3 Å². The van der Waals surface area contributed by atoms with E-state index in [2.05, 4.69) is 5.32 Å². The van der Waals surface area contributed by atoms with E-state index in [0.29, 0.717) is 11.3 Å². The molecular formula is C20H23N3O3. The number of anilines is 1. The Labute approximate surface area is 152 Å². The number of amides is 2. The van der Waals surface area contributed by atoms with Crippen LogP contribution in [0, 0.1) is 0 Å². The minimum absolute atomic E-state index is 0.0416. The van der Waals surface area contributed by atoms with Crippen molar-refractivity contribution in [2.75, 3.05) is 18.0 Å². The van der Waals surface area contributed by atoms with Crippen LogP contribution < -0.4 is 16.0 Å². The summed E-state index contributed by atoms with van der Waals surface area (Å²) in [5, 5.41) is 3.28. The highest BCUT2D eigenvalue weighted by Gasteiger charge is 2.30. The third-order valence-corrected chi connectivity index (χ3v) is 4.50. The van der Waals surface area contributed by atoms with Crippen LogP contribution in [0.2, 0.25) is 0 Å². The second-order valence-electron chi connectivity index (χ2n) is 6.27. The molecule has 1 heterocycles. The van der Waals surface area contributed by atoms with Crippen LogP contribution in [0.15, 0.2) is 54.6 Å². The van der Waals surface area contributed by atoms with Crippen molar-refractivity contribution in [2.24, 2.45) is 5.73 Å².